The summed E-state index contributed by atoms with van der Waals surface area (Å²) in [7, 11) is -3.81. The van der Waals surface area contributed by atoms with E-state index in [0.29, 0.717) is 5.69 Å². The number of benzene rings is 2. The Morgan fingerprint density at radius 3 is 2.31 bits per heavy atom. The first-order chi connectivity index (χ1) is 13.9. The zero-order chi connectivity index (χ0) is 20.7. The molecule has 2 N–H and O–H groups in total. The van der Waals surface area contributed by atoms with E-state index in [0.717, 1.165) is 11.3 Å². The highest BCUT2D eigenvalue weighted by molar-refractivity contribution is 7.99. The number of hydrogen-bond acceptors (Lipinski definition) is 6. The highest BCUT2D eigenvalue weighted by atomic mass is 32.2. The van der Waals surface area contributed by atoms with Gasteiger partial charge in [-0.1, -0.05) is 30.3 Å². The second-order valence-electron chi connectivity index (χ2n) is 6.13. The van der Waals surface area contributed by atoms with Gasteiger partial charge in [0, 0.05) is 23.8 Å². The predicted molar refractivity (Wildman–Crippen MR) is 115 cm³/mol. The normalized spacial score (nSPS) is 12.2. The lowest BCUT2D eigenvalue weighted by Gasteiger charge is -2.13. The van der Waals surface area contributed by atoms with Crippen molar-refractivity contribution in [2.45, 2.75) is 22.8 Å². The maximum absolute atomic E-state index is 12.4. The summed E-state index contributed by atoms with van der Waals surface area (Å²) in [5.74, 6) is 0.589. The molecule has 0 bridgehead atoms. The number of carbonyl (C=O) groups excluding carboxylic acids is 1. The molecule has 1 heterocycles. The average molecular weight is 429 g/mol. The smallest absolute Gasteiger partial charge is 0.264 e. The minimum Gasteiger partial charge on any atom is -0.325 e. The van der Waals surface area contributed by atoms with E-state index in [4.69, 9.17) is 0 Å². The lowest BCUT2D eigenvalue weighted by atomic mass is 10.2. The fourth-order valence-electron chi connectivity index (χ4n) is 2.36. The molecule has 0 saturated carbocycles. The maximum atomic E-state index is 12.4. The summed E-state index contributed by atoms with van der Waals surface area (Å²) in [5, 5.41) is 2.55. The van der Waals surface area contributed by atoms with Crippen molar-refractivity contribution in [1.82, 2.24) is 9.97 Å². The summed E-state index contributed by atoms with van der Waals surface area (Å²) in [4.78, 5) is 20.1. The summed E-state index contributed by atoms with van der Waals surface area (Å²) >= 11 is 1.53. The summed E-state index contributed by atoms with van der Waals surface area (Å²) in [5.41, 5.74) is 1.68. The molecule has 0 aliphatic heterocycles. The van der Waals surface area contributed by atoms with Crippen LogP contribution in [0.5, 0.6) is 0 Å². The van der Waals surface area contributed by atoms with Crippen LogP contribution < -0.4 is 10.0 Å². The first-order valence-corrected chi connectivity index (χ1v) is 11.3. The zero-order valence-corrected chi connectivity index (χ0v) is 17.3. The third-order valence-electron chi connectivity index (χ3n) is 3.94. The minimum atomic E-state index is -3.81. The van der Waals surface area contributed by atoms with Gasteiger partial charge in [-0.05, 0) is 42.8 Å². The Labute approximate surface area is 174 Å². The summed E-state index contributed by atoms with van der Waals surface area (Å²) in [6.07, 6.45) is 2.89. The third kappa shape index (κ3) is 6.03. The first kappa shape index (κ1) is 20.8. The van der Waals surface area contributed by atoms with Crippen LogP contribution in [0.2, 0.25) is 0 Å². The number of anilines is 2. The zero-order valence-electron chi connectivity index (χ0n) is 15.6. The van der Waals surface area contributed by atoms with Gasteiger partial charge in [0.25, 0.3) is 10.0 Å². The molecule has 9 heteroatoms. The SMILES string of the molecule is CC(SCc1ccccc1)C(=O)Nc1ccc(S(=O)(=O)Nc2ncccn2)cc1. The molecular formula is C20H20N4O3S2. The number of rotatable bonds is 8. The molecule has 1 aromatic heterocycles. The Morgan fingerprint density at radius 2 is 1.66 bits per heavy atom. The van der Waals surface area contributed by atoms with Crippen LogP contribution in [-0.2, 0) is 20.6 Å². The highest BCUT2D eigenvalue weighted by Crippen LogP contribution is 2.20. The molecule has 3 rings (SSSR count). The van der Waals surface area contributed by atoms with Crippen LogP contribution in [0.25, 0.3) is 0 Å². The molecule has 1 atom stereocenters. The van der Waals surface area contributed by atoms with Gasteiger partial charge in [0.1, 0.15) is 0 Å². The highest BCUT2D eigenvalue weighted by Gasteiger charge is 2.17. The topological polar surface area (TPSA) is 101 Å². The van der Waals surface area contributed by atoms with Gasteiger partial charge in [0.15, 0.2) is 0 Å². The molecule has 0 aliphatic carbocycles. The van der Waals surface area contributed by atoms with Crippen LogP contribution in [0.4, 0.5) is 11.6 Å². The second-order valence-corrected chi connectivity index (χ2v) is 9.14. The molecule has 7 nitrogen and oxygen atoms in total. The number of aromatic nitrogens is 2. The summed E-state index contributed by atoms with van der Waals surface area (Å²) < 4.78 is 27.1. The monoisotopic (exact) mass is 428 g/mol. The number of hydrogen-bond donors (Lipinski definition) is 2. The largest absolute Gasteiger partial charge is 0.325 e. The number of nitrogens with zero attached hydrogens (tertiary/aromatic N) is 2. The van der Waals surface area contributed by atoms with E-state index < -0.39 is 10.0 Å². The van der Waals surface area contributed by atoms with Crippen molar-refractivity contribution < 1.29 is 13.2 Å². The molecule has 0 fully saturated rings. The van der Waals surface area contributed by atoms with Crippen molar-refractivity contribution in [2.75, 3.05) is 10.0 Å². The van der Waals surface area contributed by atoms with E-state index in [9.17, 15) is 13.2 Å². The number of nitrogens with one attached hydrogen (secondary N) is 2. The van der Waals surface area contributed by atoms with E-state index in [1.165, 1.54) is 36.3 Å². The molecule has 150 valence electrons. The Morgan fingerprint density at radius 1 is 1.00 bits per heavy atom. The molecule has 3 aromatic rings. The quantitative estimate of drug-likeness (QED) is 0.569. The molecule has 0 radical (unpaired) electrons. The number of thioether (sulfide) groups is 1. The Bertz CT molecular complexity index is 1040. The minimum absolute atomic E-state index is 0.00542. The van der Waals surface area contributed by atoms with Crippen LogP contribution in [-0.4, -0.2) is 29.5 Å². The van der Waals surface area contributed by atoms with E-state index in [1.54, 1.807) is 18.2 Å². The fourth-order valence-corrected chi connectivity index (χ4v) is 4.17. The third-order valence-corrected chi connectivity index (χ3v) is 6.49. The molecule has 0 saturated heterocycles. The van der Waals surface area contributed by atoms with Gasteiger partial charge < -0.3 is 5.32 Å². The van der Waals surface area contributed by atoms with E-state index in [-0.39, 0.29) is 22.0 Å². The van der Waals surface area contributed by atoms with Crippen LogP contribution >= 0.6 is 11.8 Å². The van der Waals surface area contributed by atoms with Crippen molar-refractivity contribution in [1.29, 1.82) is 0 Å². The van der Waals surface area contributed by atoms with E-state index >= 15 is 0 Å². The second kappa shape index (κ2) is 9.53. The predicted octanol–water partition coefficient (Wildman–Crippen LogP) is 3.54. The Kier molecular flexibility index (Phi) is 6.84. The van der Waals surface area contributed by atoms with E-state index in [2.05, 4.69) is 20.0 Å². The van der Waals surface area contributed by atoms with Crippen LogP contribution in [0.1, 0.15) is 12.5 Å². The molecular weight excluding hydrogens is 408 g/mol. The van der Waals surface area contributed by atoms with Crippen LogP contribution in [0.3, 0.4) is 0 Å². The molecule has 2 aromatic carbocycles. The van der Waals surface area contributed by atoms with Crippen molar-refractivity contribution in [3.05, 3.63) is 78.6 Å². The molecule has 0 spiro atoms. The summed E-state index contributed by atoms with van der Waals surface area (Å²) in [6, 6.07) is 17.5. The standard InChI is InChI=1S/C20H20N4O3S2/c1-15(28-14-16-6-3-2-4-7-16)19(25)23-17-8-10-18(11-9-17)29(26,27)24-20-21-12-5-13-22-20/h2-13,15H,14H2,1H3,(H,23,25)(H,21,22,24). The lowest BCUT2D eigenvalue weighted by Crippen LogP contribution is -2.22. The van der Waals surface area contributed by atoms with Gasteiger partial charge in [-0.3, -0.25) is 4.79 Å². The van der Waals surface area contributed by atoms with Crippen molar-refractivity contribution in [3.63, 3.8) is 0 Å². The summed E-state index contributed by atoms with van der Waals surface area (Å²) in [6.45, 7) is 1.84. The van der Waals surface area contributed by atoms with E-state index in [1.807, 2.05) is 37.3 Å². The van der Waals surface area contributed by atoms with Gasteiger partial charge >= 0.3 is 0 Å². The molecule has 0 aliphatic rings. The number of amides is 1. The average Bonchev–Trinajstić information content (AvgIpc) is 2.73. The molecule has 29 heavy (non-hydrogen) atoms. The molecule has 1 unspecified atom stereocenters. The van der Waals surface area contributed by atoms with Gasteiger partial charge in [-0.15, -0.1) is 11.8 Å². The molecule has 1 amide bonds. The van der Waals surface area contributed by atoms with Crippen molar-refractivity contribution in [2.24, 2.45) is 0 Å². The van der Waals surface area contributed by atoms with Gasteiger partial charge in [-0.25, -0.2) is 23.1 Å². The maximum Gasteiger partial charge on any atom is 0.264 e. The van der Waals surface area contributed by atoms with Gasteiger partial charge in [0.2, 0.25) is 11.9 Å². The Hall–Kier alpha value is -2.91. The van der Waals surface area contributed by atoms with Crippen molar-refractivity contribution >= 4 is 39.3 Å². The van der Waals surface area contributed by atoms with Crippen LogP contribution in [0, 0.1) is 0 Å². The Balaban J connectivity index is 1.57. The fraction of sp³-hybridized carbons (Fsp3) is 0.150. The van der Waals surface area contributed by atoms with Crippen LogP contribution in [0.15, 0.2) is 78.0 Å². The number of carbonyl (C=O) groups is 1. The lowest BCUT2D eigenvalue weighted by molar-refractivity contribution is -0.115. The van der Waals surface area contributed by atoms with Crippen molar-refractivity contribution in [3.8, 4) is 0 Å². The van der Waals surface area contributed by atoms with Gasteiger partial charge in [-0.2, -0.15) is 0 Å². The van der Waals surface area contributed by atoms with Gasteiger partial charge in [0.05, 0.1) is 10.1 Å². The number of sulfonamides is 1. The first-order valence-electron chi connectivity index (χ1n) is 8.80.